The van der Waals surface area contributed by atoms with Crippen LogP contribution in [-0.2, 0) is 9.59 Å². The van der Waals surface area contributed by atoms with Crippen LogP contribution in [0, 0.1) is 0 Å². The minimum Gasteiger partial charge on any atom is -0.484 e. The number of anilines is 1. The molecule has 2 amide bonds. The standard InChI is InChI=1S/C15H23N3O3/c1-4-6-13(16)15(20)17-11-7-5-8-12(9-11)21-10-14(19)18(2)3/h5,7-9,13H,4,6,10,16H2,1-3H3,(H,17,20). The summed E-state index contributed by atoms with van der Waals surface area (Å²) in [4.78, 5) is 24.7. The normalized spacial score (nSPS) is 11.6. The predicted octanol–water partition coefficient (Wildman–Crippen LogP) is 1.22. The van der Waals surface area contributed by atoms with E-state index >= 15 is 0 Å². The topological polar surface area (TPSA) is 84.7 Å². The lowest BCUT2D eigenvalue weighted by Gasteiger charge is -2.13. The van der Waals surface area contributed by atoms with Crippen molar-refractivity contribution in [3.05, 3.63) is 24.3 Å². The van der Waals surface area contributed by atoms with Crippen LogP contribution in [0.5, 0.6) is 5.75 Å². The van der Waals surface area contributed by atoms with Crippen LogP contribution >= 0.6 is 0 Å². The molecule has 0 aliphatic heterocycles. The van der Waals surface area contributed by atoms with Crippen LogP contribution in [0.4, 0.5) is 5.69 Å². The van der Waals surface area contributed by atoms with Gasteiger partial charge in [0.05, 0.1) is 6.04 Å². The van der Waals surface area contributed by atoms with Gasteiger partial charge in [-0.2, -0.15) is 0 Å². The first-order valence-electron chi connectivity index (χ1n) is 6.93. The van der Waals surface area contributed by atoms with E-state index in [4.69, 9.17) is 10.5 Å². The Balaban J connectivity index is 2.60. The summed E-state index contributed by atoms with van der Waals surface area (Å²) in [6.07, 6.45) is 1.49. The molecule has 0 saturated carbocycles. The van der Waals surface area contributed by atoms with E-state index in [9.17, 15) is 9.59 Å². The number of nitrogens with one attached hydrogen (secondary N) is 1. The summed E-state index contributed by atoms with van der Waals surface area (Å²) in [6, 6.07) is 6.37. The van der Waals surface area contributed by atoms with E-state index in [0.29, 0.717) is 17.9 Å². The van der Waals surface area contributed by atoms with E-state index in [2.05, 4.69) is 5.32 Å². The fourth-order valence-corrected chi connectivity index (χ4v) is 1.61. The molecule has 3 N–H and O–H groups in total. The average Bonchev–Trinajstić information content (AvgIpc) is 2.45. The van der Waals surface area contributed by atoms with Crippen LogP contribution in [-0.4, -0.2) is 43.5 Å². The first kappa shape index (κ1) is 17.0. The molecule has 1 aromatic rings. The molecule has 6 heteroatoms. The Labute approximate surface area is 125 Å². The van der Waals surface area contributed by atoms with Crippen molar-refractivity contribution in [3.63, 3.8) is 0 Å². The van der Waals surface area contributed by atoms with Gasteiger partial charge < -0.3 is 20.7 Å². The quantitative estimate of drug-likeness (QED) is 0.791. The molecule has 0 fully saturated rings. The summed E-state index contributed by atoms with van der Waals surface area (Å²) >= 11 is 0. The maximum Gasteiger partial charge on any atom is 0.259 e. The van der Waals surface area contributed by atoms with Crippen molar-refractivity contribution in [1.82, 2.24) is 4.90 Å². The summed E-state index contributed by atoms with van der Waals surface area (Å²) < 4.78 is 5.39. The highest BCUT2D eigenvalue weighted by atomic mass is 16.5. The van der Waals surface area contributed by atoms with Crippen molar-refractivity contribution in [2.24, 2.45) is 5.73 Å². The zero-order valence-corrected chi connectivity index (χ0v) is 12.8. The van der Waals surface area contributed by atoms with Crippen LogP contribution in [0.15, 0.2) is 24.3 Å². The Bertz CT molecular complexity index is 489. The average molecular weight is 293 g/mol. The number of rotatable bonds is 7. The molecular formula is C15H23N3O3. The lowest BCUT2D eigenvalue weighted by Crippen LogP contribution is -2.35. The van der Waals surface area contributed by atoms with Crippen molar-refractivity contribution in [1.29, 1.82) is 0 Å². The van der Waals surface area contributed by atoms with Crippen molar-refractivity contribution < 1.29 is 14.3 Å². The number of nitrogens with two attached hydrogens (primary N) is 1. The van der Waals surface area contributed by atoms with Crippen LogP contribution in [0.25, 0.3) is 0 Å². The Kier molecular flexibility index (Phi) is 6.68. The number of nitrogens with zero attached hydrogens (tertiary/aromatic N) is 1. The first-order valence-corrected chi connectivity index (χ1v) is 6.93. The van der Waals surface area contributed by atoms with Gasteiger partial charge in [0.1, 0.15) is 5.75 Å². The molecule has 1 unspecified atom stereocenters. The summed E-state index contributed by atoms with van der Waals surface area (Å²) in [5.74, 6) is 0.167. The minimum atomic E-state index is -0.519. The van der Waals surface area contributed by atoms with Crippen molar-refractivity contribution in [2.45, 2.75) is 25.8 Å². The zero-order chi connectivity index (χ0) is 15.8. The summed E-state index contributed by atoms with van der Waals surface area (Å²) in [6.45, 7) is 1.93. The van der Waals surface area contributed by atoms with E-state index in [-0.39, 0.29) is 18.4 Å². The van der Waals surface area contributed by atoms with Crippen LogP contribution in [0.1, 0.15) is 19.8 Å². The van der Waals surface area contributed by atoms with Crippen molar-refractivity contribution in [2.75, 3.05) is 26.0 Å². The predicted molar refractivity (Wildman–Crippen MR) is 82.1 cm³/mol. The van der Waals surface area contributed by atoms with Gasteiger partial charge >= 0.3 is 0 Å². The smallest absolute Gasteiger partial charge is 0.259 e. The Morgan fingerprint density at radius 3 is 2.71 bits per heavy atom. The third-order valence-corrected chi connectivity index (χ3v) is 2.90. The molecule has 0 heterocycles. The third kappa shape index (κ3) is 5.83. The Morgan fingerprint density at radius 1 is 1.38 bits per heavy atom. The van der Waals surface area contributed by atoms with Gasteiger partial charge in [-0.15, -0.1) is 0 Å². The monoisotopic (exact) mass is 293 g/mol. The molecule has 0 spiro atoms. The Morgan fingerprint density at radius 2 is 2.10 bits per heavy atom. The van der Waals surface area contributed by atoms with Gasteiger partial charge in [-0.05, 0) is 18.6 Å². The maximum atomic E-state index is 11.8. The molecule has 0 radical (unpaired) electrons. The van der Waals surface area contributed by atoms with Crippen molar-refractivity contribution in [3.8, 4) is 5.75 Å². The van der Waals surface area contributed by atoms with Gasteiger partial charge in [0, 0.05) is 25.8 Å². The molecule has 0 saturated heterocycles. The summed E-state index contributed by atoms with van der Waals surface area (Å²) in [5, 5.41) is 2.74. The number of carbonyl (C=O) groups excluding carboxylic acids is 2. The number of amides is 2. The fraction of sp³-hybridized carbons (Fsp3) is 0.467. The first-order chi connectivity index (χ1) is 9.93. The van der Waals surface area contributed by atoms with Gasteiger partial charge in [-0.1, -0.05) is 19.4 Å². The second-order valence-corrected chi connectivity index (χ2v) is 4.99. The number of ether oxygens (including phenoxy) is 1. The molecule has 1 aromatic carbocycles. The highest BCUT2D eigenvalue weighted by Gasteiger charge is 2.12. The van der Waals surface area contributed by atoms with Crippen molar-refractivity contribution >= 4 is 17.5 Å². The maximum absolute atomic E-state index is 11.8. The number of likely N-dealkylation sites (N-methyl/N-ethyl adjacent to an activating group) is 1. The van der Waals surface area contributed by atoms with Gasteiger partial charge in [0.2, 0.25) is 5.91 Å². The molecule has 0 aliphatic carbocycles. The molecular weight excluding hydrogens is 270 g/mol. The van der Waals surface area contributed by atoms with Gasteiger partial charge in [0.25, 0.3) is 5.91 Å². The van der Waals surface area contributed by atoms with E-state index in [1.807, 2.05) is 6.92 Å². The molecule has 0 aliphatic rings. The number of benzene rings is 1. The van der Waals surface area contributed by atoms with Gasteiger partial charge in [0.15, 0.2) is 6.61 Å². The van der Waals surface area contributed by atoms with E-state index in [1.54, 1.807) is 38.4 Å². The molecule has 1 rings (SSSR count). The molecule has 6 nitrogen and oxygen atoms in total. The lowest BCUT2D eigenvalue weighted by atomic mass is 10.1. The Hall–Kier alpha value is -2.08. The zero-order valence-electron chi connectivity index (χ0n) is 12.8. The minimum absolute atomic E-state index is 0.0419. The second kappa shape index (κ2) is 8.26. The van der Waals surface area contributed by atoms with Crippen LogP contribution < -0.4 is 15.8 Å². The third-order valence-electron chi connectivity index (χ3n) is 2.90. The fourth-order valence-electron chi connectivity index (χ4n) is 1.61. The molecule has 0 bridgehead atoms. The van der Waals surface area contributed by atoms with E-state index in [0.717, 1.165) is 6.42 Å². The highest BCUT2D eigenvalue weighted by Crippen LogP contribution is 2.17. The van der Waals surface area contributed by atoms with Gasteiger partial charge in [-0.25, -0.2) is 0 Å². The lowest BCUT2D eigenvalue weighted by molar-refractivity contribution is -0.130. The number of hydrogen-bond donors (Lipinski definition) is 2. The van der Waals surface area contributed by atoms with E-state index < -0.39 is 6.04 Å². The van der Waals surface area contributed by atoms with Crippen LogP contribution in [0.3, 0.4) is 0 Å². The summed E-state index contributed by atoms with van der Waals surface area (Å²) in [5.41, 5.74) is 6.35. The molecule has 21 heavy (non-hydrogen) atoms. The second-order valence-electron chi connectivity index (χ2n) is 4.99. The molecule has 116 valence electrons. The van der Waals surface area contributed by atoms with Crippen LogP contribution in [0.2, 0.25) is 0 Å². The van der Waals surface area contributed by atoms with Gasteiger partial charge in [-0.3, -0.25) is 9.59 Å². The number of hydrogen-bond acceptors (Lipinski definition) is 4. The largest absolute Gasteiger partial charge is 0.484 e. The highest BCUT2D eigenvalue weighted by molar-refractivity contribution is 5.94. The number of carbonyl (C=O) groups is 2. The molecule has 0 aromatic heterocycles. The molecule has 1 atom stereocenters. The summed E-state index contributed by atoms with van der Waals surface area (Å²) in [7, 11) is 3.33. The SMILES string of the molecule is CCCC(N)C(=O)Nc1cccc(OCC(=O)N(C)C)c1. The van der Waals surface area contributed by atoms with E-state index in [1.165, 1.54) is 4.90 Å².